The highest BCUT2D eigenvalue weighted by Gasteiger charge is 2.09. The predicted octanol–water partition coefficient (Wildman–Crippen LogP) is 4.20. The molecule has 1 rings (SSSR count). The van der Waals surface area contributed by atoms with Crippen LogP contribution in [0.3, 0.4) is 0 Å². The van der Waals surface area contributed by atoms with Crippen molar-refractivity contribution in [2.45, 2.75) is 51.5 Å². The third kappa shape index (κ3) is 5.53. The van der Waals surface area contributed by atoms with Gasteiger partial charge in [-0.3, -0.25) is 11.3 Å². The molecule has 1 unspecified atom stereocenters. The summed E-state index contributed by atoms with van der Waals surface area (Å²) in [7, 11) is 0. The number of nitrogens with one attached hydrogen (secondary N) is 1. The first kappa shape index (κ1) is 14.5. The molecule has 3 heteroatoms. The molecule has 0 aromatic heterocycles. The van der Waals surface area contributed by atoms with Crippen LogP contribution in [0.1, 0.15) is 57.1 Å². The molecule has 1 atom stereocenters. The van der Waals surface area contributed by atoms with E-state index in [1.165, 1.54) is 37.7 Å². The SMILES string of the molecule is CCCCCCCC(NN)c1cccc(Cl)c1. The van der Waals surface area contributed by atoms with E-state index < -0.39 is 0 Å². The topological polar surface area (TPSA) is 38.0 Å². The minimum atomic E-state index is 0.218. The van der Waals surface area contributed by atoms with E-state index in [1.807, 2.05) is 18.2 Å². The Hall–Kier alpha value is -0.570. The van der Waals surface area contributed by atoms with Crippen LogP contribution in [0.4, 0.5) is 0 Å². The Bertz CT molecular complexity index is 315. The van der Waals surface area contributed by atoms with Crippen molar-refractivity contribution >= 4 is 11.6 Å². The molecule has 96 valence electrons. The van der Waals surface area contributed by atoms with E-state index in [1.54, 1.807) is 0 Å². The van der Waals surface area contributed by atoms with Crippen molar-refractivity contribution in [3.63, 3.8) is 0 Å². The Morgan fingerprint density at radius 3 is 2.65 bits per heavy atom. The maximum Gasteiger partial charge on any atom is 0.0460 e. The highest BCUT2D eigenvalue weighted by molar-refractivity contribution is 6.30. The molecule has 3 N–H and O–H groups in total. The van der Waals surface area contributed by atoms with Gasteiger partial charge in [-0.15, -0.1) is 0 Å². The molecule has 0 aliphatic carbocycles. The zero-order valence-corrected chi connectivity index (χ0v) is 11.3. The van der Waals surface area contributed by atoms with Crippen molar-refractivity contribution in [1.29, 1.82) is 0 Å². The van der Waals surface area contributed by atoms with Gasteiger partial charge in [-0.25, -0.2) is 0 Å². The van der Waals surface area contributed by atoms with Gasteiger partial charge in [0, 0.05) is 11.1 Å². The molecule has 0 spiro atoms. The van der Waals surface area contributed by atoms with Gasteiger partial charge in [0.25, 0.3) is 0 Å². The van der Waals surface area contributed by atoms with E-state index in [2.05, 4.69) is 18.4 Å². The molecule has 0 aliphatic heterocycles. The minimum Gasteiger partial charge on any atom is -0.271 e. The second-order valence-corrected chi connectivity index (χ2v) is 4.91. The third-order valence-electron chi connectivity index (χ3n) is 3.05. The lowest BCUT2D eigenvalue weighted by Crippen LogP contribution is -2.27. The number of hydrazine groups is 1. The van der Waals surface area contributed by atoms with E-state index >= 15 is 0 Å². The first-order chi connectivity index (χ1) is 8.27. The van der Waals surface area contributed by atoms with Crippen LogP contribution in [0, 0.1) is 0 Å². The zero-order chi connectivity index (χ0) is 12.5. The van der Waals surface area contributed by atoms with Crippen LogP contribution in [0.15, 0.2) is 24.3 Å². The van der Waals surface area contributed by atoms with Gasteiger partial charge in [0.05, 0.1) is 0 Å². The number of hydrogen-bond acceptors (Lipinski definition) is 2. The van der Waals surface area contributed by atoms with Gasteiger partial charge < -0.3 is 0 Å². The Morgan fingerprint density at radius 2 is 2.00 bits per heavy atom. The van der Waals surface area contributed by atoms with Crippen molar-refractivity contribution in [3.05, 3.63) is 34.9 Å². The number of halogens is 1. The van der Waals surface area contributed by atoms with E-state index in [0.29, 0.717) is 0 Å². The van der Waals surface area contributed by atoms with Crippen LogP contribution in [0.5, 0.6) is 0 Å². The quantitative estimate of drug-likeness (QED) is 0.414. The van der Waals surface area contributed by atoms with Crippen molar-refractivity contribution < 1.29 is 0 Å². The fourth-order valence-electron chi connectivity index (χ4n) is 2.02. The molecule has 0 radical (unpaired) electrons. The summed E-state index contributed by atoms with van der Waals surface area (Å²) in [6.45, 7) is 2.23. The molecular formula is C14H23ClN2. The molecular weight excluding hydrogens is 232 g/mol. The highest BCUT2D eigenvalue weighted by atomic mass is 35.5. The third-order valence-corrected chi connectivity index (χ3v) is 3.28. The van der Waals surface area contributed by atoms with Gasteiger partial charge in [-0.1, -0.05) is 62.8 Å². The Kier molecular flexibility index (Phi) is 7.25. The Labute approximate surface area is 110 Å². The second-order valence-electron chi connectivity index (χ2n) is 4.48. The monoisotopic (exact) mass is 254 g/mol. The summed E-state index contributed by atoms with van der Waals surface area (Å²) in [5.41, 5.74) is 4.05. The van der Waals surface area contributed by atoms with E-state index in [9.17, 15) is 0 Å². The molecule has 0 saturated carbocycles. The molecule has 0 heterocycles. The molecule has 1 aromatic carbocycles. The summed E-state index contributed by atoms with van der Waals surface area (Å²) in [5.74, 6) is 5.60. The van der Waals surface area contributed by atoms with Crippen LogP contribution in [-0.2, 0) is 0 Å². The molecule has 0 saturated heterocycles. The standard InChI is InChI=1S/C14H23ClN2/c1-2-3-4-5-6-10-14(17-16)12-8-7-9-13(15)11-12/h7-9,11,14,17H,2-6,10,16H2,1H3. The number of hydrogen-bond donors (Lipinski definition) is 2. The lowest BCUT2D eigenvalue weighted by molar-refractivity contribution is 0.479. The average molecular weight is 255 g/mol. The summed E-state index contributed by atoms with van der Waals surface area (Å²) in [6, 6.07) is 8.13. The summed E-state index contributed by atoms with van der Waals surface area (Å²) in [4.78, 5) is 0. The van der Waals surface area contributed by atoms with E-state index in [0.717, 1.165) is 11.4 Å². The minimum absolute atomic E-state index is 0.218. The molecule has 0 fully saturated rings. The maximum atomic E-state index is 5.98. The van der Waals surface area contributed by atoms with Crippen molar-refractivity contribution in [2.24, 2.45) is 5.84 Å². The normalized spacial score (nSPS) is 12.6. The predicted molar refractivity (Wildman–Crippen MR) is 74.9 cm³/mol. The number of benzene rings is 1. The van der Waals surface area contributed by atoms with Crippen LogP contribution < -0.4 is 11.3 Å². The highest BCUT2D eigenvalue weighted by Crippen LogP contribution is 2.22. The fraction of sp³-hybridized carbons (Fsp3) is 0.571. The van der Waals surface area contributed by atoms with Crippen molar-refractivity contribution in [1.82, 2.24) is 5.43 Å². The summed E-state index contributed by atoms with van der Waals surface area (Å²) >= 11 is 5.98. The van der Waals surface area contributed by atoms with Crippen LogP contribution in [-0.4, -0.2) is 0 Å². The van der Waals surface area contributed by atoms with Gasteiger partial charge in [-0.2, -0.15) is 0 Å². The van der Waals surface area contributed by atoms with Crippen molar-refractivity contribution in [2.75, 3.05) is 0 Å². The van der Waals surface area contributed by atoms with Gasteiger partial charge in [-0.05, 0) is 24.1 Å². The average Bonchev–Trinajstić information content (AvgIpc) is 2.34. The Morgan fingerprint density at radius 1 is 1.24 bits per heavy atom. The first-order valence-corrected chi connectivity index (χ1v) is 6.87. The Balaban J connectivity index is 2.38. The number of nitrogens with two attached hydrogens (primary N) is 1. The lowest BCUT2D eigenvalue weighted by atomic mass is 10.0. The van der Waals surface area contributed by atoms with Crippen LogP contribution in [0.2, 0.25) is 5.02 Å². The smallest absolute Gasteiger partial charge is 0.0460 e. The van der Waals surface area contributed by atoms with Crippen LogP contribution in [0.25, 0.3) is 0 Å². The van der Waals surface area contributed by atoms with Gasteiger partial charge >= 0.3 is 0 Å². The van der Waals surface area contributed by atoms with E-state index in [-0.39, 0.29) is 6.04 Å². The van der Waals surface area contributed by atoms with Gasteiger partial charge in [0.2, 0.25) is 0 Å². The number of rotatable bonds is 8. The number of unbranched alkanes of at least 4 members (excludes halogenated alkanes) is 4. The zero-order valence-electron chi connectivity index (χ0n) is 10.6. The molecule has 1 aromatic rings. The molecule has 0 amide bonds. The molecule has 2 nitrogen and oxygen atoms in total. The fourth-order valence-corrected chi connectivity index (χ4v) is 2.22. The first-order valence-electron chi connectivity index (χ1n) is 6.49. The lowest BCUT2D eigenvalue weighted by Gasteiger charge is -2.16. The summed E-state index contributed by atoms with van der Waals surface area (Å²) in [5, 5.41) is 0.772. The van der Waals surface area contributed by atoms with Gasteiger partial charge in [0.1, 0.15) is 0 Å². The largest absolute Gasteiger partial charge is 0.271 e. The molecule has 0 bridgehead atoms. The van der Waals surface area contributed by atoms with E-state index in [4.69, 9.17) is 17.4 Å². The second kappa shape index (κ2) is 8.51. The van der Waals surface area contributed by atoms with Gasteiger partial charge in [0.15, 0.2) is 0 Å². The van der Waals surface area contributed by atoms with Crippen LogP contribution >= 0.6 is 11.6 Å². The molecule has 17 heavy (non-hydrogen) atoms. The maximum absolute atomic E-state index is 5.98. The molecule has 0 aliphatic rings. The summed E-state index contributed by atoms with van der Waals surface area (Å²) < 4.78 is 0. The summed E-state index contributed by atoms with van der Waals surface area (Å²) in [6.07, 6.45) is 7.50. The van der Waals surface area contributed by atoms with Crippen molar-refractivity contribution in [3.8, 4) is 0 Å².